The van der Waals surface area contributed by atoms with E-state index in [1.165, 1.54) is 22.3 Å². The second kappa shape index (κ2) is 6.08. The van der Waals surface area contributed by atoms with Crippen LogP contribution in [0.2, 0.25) is 4.34 Å². The Morgan fingerprint density at radius 3 is 2.42 bits per heavy atom. The molecule has 2 atom stereocenters. The van der Waals surface area contributed by atoms with E-state index in [4.69, 9.17) is 11.6 Å². The number of rotatable bonds is 4. The number of hydrogen-bond acceptors (Lipinski definition) is 2. The highest BCUT2D eigenvalue weighted by Crippen LogP contribution is 2.27. The van der Waals surface area contributed by atoms with Gasteiger partial charge in [-0.3, -0.25) is 0 Å². The van der Waals surface area contributed by atoms with Gasteiger partial charge in [-0.15, -0.1) is 11.3 Å². The first-order valence-corrected chi connectivity index (χ1v) is 7.80. The van der Waals surface area contributed by atoms with Crippen molar-refractivity contribution in [3.8, 4) is 0 Å². The second-order valence-corrected chi connectivity index (χ2v) is 6.70. The number of hydrogen-bond donors (Lipinski definition) is 1. The third-order valence-corrected chi connectivity index (χ3v) is 4.59. The van der Waals surface area contributed by atoms with Crippen molar-refractivity contribution in [3.05, 3.63) is 56.2 Å². The first-order chi connectivity index (χ1) is 8.97. The SMILES string of the molecule is Cc1ccc(C(C)NC(C)c2csc(Cl)c2)c(C)c1. The summed E-state index contributed by atoms with van der Waals surface area (Å²) in [5, 5.41) is 5.75. The predicted octanol–water partition coefficient (Wildman–Crippen LogP) is 5.43. The third-order valence-electron chi connectivity index (χ3n) is 3.48. The molecule has 0 aliphatic heterocycles. The highest BCUT2D eigenvalue weighted by Gasteiger charge is 2.13. The minimum atomic E-state index is 0.305. The lowest BCUT2D eigenvalue weighted by Crippen LogP contribution is -2.22. The molecule has 19 heavy (non-hydrogen) atoms. The molecule has 0 spiro atoms. The van der Waals surface area contributed by atoms with Crippen molar-refractivity contribution in [2.24, 2.45) is 0 Å². The van der Waals surface area contributed by atoms with Gasteiger partial charge < -0.3 is 5.32 Å². The van der Waals surface area contributed by atoms with Crippen LogP contribution in [0.4, 0.5) is 0 Å². The van der Waals surface area contributed by atoms with Gasteiger partial charge in [0.15, 0.2) is 0 Å². The first kappa shape index (κ1) is 14.6. The molecule has 0 fully saturated rings. The average Bonchev–Trinajstić information content (AvgIpc) is 2.75. The van der Waals surface area contributed by atoms with Crippen molar-refractivity contribution in [2.45, 2.75) is 39.8 Å². The fourth-order valence-electron chi connectivity index (χ4n) is 2.42. The molecule has 0 amide bonds. The van der Waals surface area contributed by atoms with Crippen LogP contribution in [0.15, 0.2) is 29.6 Å². The van der Waals surface area contributed by atoms with Gasteiger partial charge in [-0.2, -0.15) is 0 Å². The van der Waals surface area contributed by atoms with Crippen molar-refractivity contribution in [2.75, 3.05) is 0 Å². The molecule has 3 heteroatoms. The van der Waals surface area contributed by atoms with E-state index in [-0.39, 0.29) is 0 Å². The monoisotopic (exact) mass is 293 g/mol. The predicted molar refractivity (Wildman–Crippen MR) is 85.2 cm³/mol. The smallest absolute Gasteiger partial charge is 0.0931 e. The van der Waals surface area contributed by atoms with E-state index in [1.54, 1.807) is 11.3 Å². The molecular weight excluding hydrogens is 274 g/mol. The van der Waals surface area contributed by atoms with Crippen LogP contribution in [0.25, 0.3) is 0 Å². The fourth-order valence-corrected chi connectivity index (χ4v) is 3.41. The molecule has 0 aliphatic rings. The van der Waals surface area contributed by atoms with Crippen LogP contribution in [0.5, 0.6) is 0 Å². The van der Waals surface area contributed by atoms with Gasteiger partial charge in [0, 0.05) is 12.1 Å². The van der Waals surface area contributed by atoms with E-state index in [9.17, 15) is 0 Å². The van der Waals surface area contributed by atoms with Crippen LogP contribution >= 0.6 is 22.9 Å². The lowest BCUT2D eigenvalue weighted by Gasteiger charge is -2.21. The van der Waals surface area contributed by atoms with Gasteiger partial charge in [0.25, 0.3) is 0 Å². The summed E-state index contributed by atoms with van der Waals surface area (Å²) in [5.41, 5.74) is 5.27. The molecule has 0 saturated carbocycles. The molecule has 1 aromatic heterocycles. The minimum absolute atomic E-state index is 0.305. The topological polar surface area (TPSA) is 12.0 Å². The van der Waals surface area contributed by atoms with E-state index < -0.39 is 0 Å². The van der Waals surface area contributed by atoms with Crippen molar-refractivity contribution in [1.82, 2.24) is 5.32 Å². The maximum Gasteiger partial charge on any atom is 0.0931 e. The van der Waals surface area contributed by atoms with Crippen molar-refractivity contribution >= 4 is 22.9 Å². The van der Waals surface area contributed by atoms with Gasteiger partial charge in [0.05, 0.1) is 4.34 Å². The van der Waals surface area contributed by atoms with Crippen LogP contribution in [0, 0.1) is 13.8 Å². The van der Waals surface area contributed by atoms with Crippen LogP contribution in [0.1, 0.15) is 48.2 Å². The van der Waals surface area contributed by atoms with Crippen molar-refractivity contribution in [3.63, 3.8) is 0 Å². The van der Waals surface area contributed by atoms with Gasteiger partial charge in [0.1, 0.15) is 0 Å². The zero-order valence-electron chi connectivity index (χ0n) is 11.8. The molecule has 2 aromatic rings. The van der Waals surface area contributed by atoms with Crippen LogP contribution in [0.3, 0.4) is 0 Å². The summed E-state index contributed by atoms with van der Waals surface area (Å²) in [7, 11) is 0. The summed E-state index contributed by atoms with van der Waals surface area (Å²) in [5.74, 6) is 0. The van der Waals surface area contributed by atoms with E-state index in [0.717, 1.165) is 4.34 Å². The molecule has 1 aromatic carbocycles. The highest BCUT2D eigenvalue weighted by atomic mass is 35.5. The molecule has 102 valence electrons. The lowest BCUT2D eigenvalue weighted by atomic mass is 9.99. The summed E-state index contributed by atoms with van der Waals surface area (Å²) in [4.78, 5) is 0. The highest BCUT2D eigenvalue weighted by molar-refractivity contribution is 7.14. The molecule has 0 saturated heterocycles. The molecule has 0 bridgehead atoms. The van der Waals surface area contributed by atoms with Gasteiger partial charge >= 0.3 is 0 Å². The zero-order chi connectivity index (χ0) is 14.0. The molecule has 0 aliphatic carbocycles. The van der Waals surface area contributed by atoms with Gasteiger partial charge in [-0.25, -0.2) is 0 Å². The average molecular weight is 294 g/mol. The Morgan fingerprint density at radius 1 is 1.11 bits per heavy atom. The van der Waals surface area contributed by atoms with E-state index in [0.29, 0.717) is 12.1 Å². The molecule has 1 heterocycles. The first-order valence-electron chi connectivity index (χ1n) is 6.54. The summed E-state index contributed by atoms with van der Waals surface area (Å²) in [6.45, 7) is 8.69. The number of halogens is 1. The Labute approximate surface area is 124 Å². The fraction of sp³-hybridized carbons (Fsp3) is 0.375. The zero-order valence-corrected chi connectivity index (χ0v) is 13.4. The molecule has 2 unspecified atom stereocenters. The summed E-state index contributed by atoms with van der Waals surface area (Å²) >= 11 is 7.58. The molecule has 1 N–H and O–H groups in total. The quantitative estimate of drug-likeness (QED) is 0.792. The standard InChI is InChI=1S/C16H20ClNS/c1-10-5-6-15(11(2)7-10)13(4)18-12(3)14-8-16(17)19-9-14/h5-9,12-13,18H,1-4H3. The second-order valence-electron chi connectivity index (χ2n) is 5.15. The molecule has 2 rings (SSSR count). The van der Waals surface area contributed by atoms with Gasteiger partial charge in [-0.1, -0.05) is 35.4 Å². The number of thiophene rings is 1. The number of benzene rings is 1. The van der Waals surface area contributed by atoms with E-state index in [1.807, 2.05) is 6.07 Å². The van der Waals surface area contributed by atoms with Crippen LogP contribution in [-0.4, -0.2) is 0 Å². The third kappa shape index (κ3) is 3.59. The largest absolute Gasteiger partial charge is 0.304 e. The Morgan fingerprint density at radius 2 is 1.84 bits per heavy atom. The lowest BCUT2D eigenvalue weighted by molar-refractivity contribution is 0.494. The van der Waals surface area contributed by atoms with Crippen molar-refractivity contribution < 1.29 is 0 Å². The maximum absolute atomic E-state index is 5.99. The normalized spacial score (nSPS) is 14.4. The molecular formula is C16H20ClNS. The molecule has 1 nitrogen and oxygen atoms in total. The van der Waals surface area contributed by atoms with Gasteiger partial charge in [-0.05, 0) is 55.8 Å². The Balaban J connectivity index is 2.10. The molecule has 0 radical (unpaired) electrons. The summed E-state index contributed by atoms with van der Waals surface area (Å²) in [6.07, 6.45) is 0. The van der Waals surface area contributed by atoms with Crippen molar-refractivity contribution in [1.29, 1.82) is 0 Å². The summed E-state index contributed by atoms with van der Waals surface area (Å²) < 4.78 is 0.850. The van der Waals surface area contributed by atoms with Crippen LogP contribution < -0.4 is 5.32 Å². The number of aryl methyl sites for hydroxylation is 2. The Bertz CT molecular complexity index is 562. The van der Waals surface area contributed by atoms with E-state index >= 15 is 0 Å². The van der Waals surface area contributed by atoms with Crippen LogP contribution in [-0.2, 0) is 0 Å². The Hall–Kier alpha value is -0.830. The summed E-state index contributed by atoms with van der Waals surface area (Å²) in [6, 6.07) is 9.30. The maximum atomic E-state index is 5.99. The minimum Gasteiger partial charge on any atom is -0.304 e. The van der Waals surface area contributed by atoms with Gasteiger partial charge in [0.2, 0.25) is 0 Å². The Kier molecular flexibility index (Phi) is 4.67. The van der Waals surface area contributed by atoms with E-state index in [2.05, 4.69) is 56.6 Å². The number of nitrogens with one attached hydrogen (secondary N) is 1.